The van der Waals surface area contributed by atoms with Gasteiger partial charge in [-0.1, -0.05) is 6.08 Å². The number of nitrogens with zero attached hydrogens (tertiary/aromatic N) is 4. The minimum Gasteiger partial charge on any atom is -0.442 e. The van der Waals surface area contributed by atoms with Gasteiger partial charge in [-0.15, -0.1) is 0 Å². The Hall–Kier alpha value is -3.95. The van der Waals surface area contributed by atoms with Gasteiger partial charge in [-0.25, -0.2) is 14.2 Å². The second-order valence-electron chi connectivity index (χ2n) is 8.44. The number of carbonyl (C=O) groups excluding carboxylic acids is 3. The van der Waals surface area contributed by atoms with E-state index >= 15 is 0 Å². The zero-order chi connectivity index (χ0) is 24.9. The first-order chi connectivity index (χ1) is 16.9. The molecule has 1 aromatic heterocycles. The molecule has 184 valence electrons. The summed E-state index contributed by atoms with van der Waals surface area (Å²) >= 11 is 0. The number of nitrogens with one attached hydrogen (secondary N) is 1. The van der Waals surface area contributed by atoms with E-state index in [2.05, 4.69) is 15.2 Å². The average Bonchev–Trinajstić information content (AvgIpc) is 3.23. The highest BCUT2D eigenvalue weighted by Gasteiger charge is 2.32. The molecule has 3 heterocycles. The first kappa shape index (κ1) is 24.2. The summed E-state index contributed by atoms with van der Waals surface area (Å²) < 4.78 is 20.2. The number of allylic oxidation sites excluding steroid dienone is 1. The molecule has 2 fully saturated rings. The van der Waals surface area contributed by atoms with Crippen molar-refractivity contribution >= 4 is 29.4 Å². The van der Waals surface area contributed by atoms with Crippen molar-refractivity contribution in [2.45, 2.75) is 20.0 Å². The number of aromatic nitrogens is 1. The maximum atomic E-state index is 15.0. The van der Waals surface area contributed by atoms with Crippen LogP contribution in [0.4, 0.5) is 20.7 Å². The third-order valence-corrected chi connectivity index (χ3v) is 6.00. The van der Waals surface area contributed by atoms with Gasteiger partial charge < -0.3 is 19.9 Å². The molecular weight excluding hydrogens is 453 g/mol. The van der Waals surface area contributed by atoms with E-state index in [9.17, 15) is 18.8 Å². The van der Waals surface area contributed by atoms with Crippen LogP contribution in [0.15, 0.2) is 48.7 Å². The molecule has 2 saturated heterocycles. The van der Waals surface area contributed by atoms with Crippen molar-refractivity contribution in [2.24, 2.45) is 0 Å². The molecule has 0 radical (unpaired) electrons. The Kier molecular flexibility index (Phi) is 7.28. The number of anilines is 2. The third kappa shape index (κ3) is 5.59. The Balaban J connectivity index is 1.40. The van der Waals surface area contributed by atoms with Crippen LogP contribution in [0.3, 0.4) is 0 Å². The zero-order valence-corrected chi connectivity index (χ0v) is 19.7. The molecule has 0 aliphatic carbocycles. The zero-order valence-electron chi connectivity index (χ0n) is 19.7. The maximum Gasteiger partial charge on any atom is 0.414 e. The van der Waals surface area contributed by atoms with Crippen molar-refractivity contribution in [1.29, 1.82) is 0 Å². The first-order valence-corrected chi connectivity index (χ1v) is 11.5. The molecule has 9 nitrogen and oxygen atoms in total. The Morgan fingerprint density at radius 3 is 2.60 bits per heavy atom. The number of pyridine rings is 1. The van der Waals surface area contributed by atoms with Crippen LogP contribution >= 0.6 is 0 Å². The van der Waals surface area contributed by atoms with Gasteiger partial charge in [-0.05, 0) is 43.3 Å². The molecular formula is C25H28FN5O4. The van der Waals surface area contributed by atoms with Gasteiger partial charge >= 0.3 is 6.09 Å². The van der Waals surface area contributed by atoms with Crippen molar-refractivity contribution in [1.82, 2.24) is 15.2 Å². The maximum absolute atomic E-state index is 15.0. The van der Waals surface area contributed by atoms with Crippen LogP contribution in [0.1, 0.15) is 13.8 Å². The number of cyclic esters (lactones) is 1. The van der Waals surface area contributed by atoms with E-state index in [0.717, 1.165) is 5.82 Å². The molecule has 4 rings (SSSR count). The normalized spacial score (nSPS) is 18.2. The molecule has 35 heavy (non-hydrogen) atoms. The summed E-state index contributed by atoms with van der Waals surface area (Å²) in [5.41, 5.74) is 1.38. The van der Waals surface area contributed by atoms with Gasteiger partial charge in [0, 0.05) is 50.4 Å². The Bertz CT molecular complexity index is 1130. The fourth-order valence-electron chi connectivity index (χ4n) is 4.14. The lowest BCUT2D eigenvalue weighted by atomic mass is 10.1. The minimum atomic E-state index is -0.578. The molecule has 0 spiro atoms. The summed E-state index contributed by atoms with van der Waals surface area (Å²) in [6.45, 7) is 6.22. The second-order valence-corrected chi connectivity index (χ2v) is 8.44. The van der Waals surface area contributed by atoms with Crippen LogP contribution in [-0.2, 0) is 14.3 Å². The molecule has 2 aromatic rings. The summed E-state index contributed by atoms with van der Waals surface area (Å²) in [7, 11) is 0. The lowest BCUT2D eigenvalue weighted by Crippen LogP contribution is -2.48. The van der Waals surface area contributed by atoms with E-state index in [0.29, 0.717) is 43.0 Å². The molecule has 0 unspecified atom stereocenters. The summed E-state index contributed by atoms with van der Waals surface area (Å²) in [5, 5.41) is 2.62. The number of halogens is 1. The fourth-order valence-corrected chi connectivity index (χ4v) is 4.14. The number of ether oxygens (including phenoxy) is 1. The van der Waals surface area contributed by atoms with Gasteiger partial charge in [0.25, 0.3) is 0 Å². The highest BCUT2D eigenvalue weighted by Crippen LogP contribution is 2.29. The molecule has 2 aliphatic rings. The molecule has 1 aromatic carbocycles. The van der Waals surface area contributed by atoms with Crippen LogP contribution < -0.4 is 15.1 Å². The molecule has 3 amide bonds. The molecule has 0 saturated carbocycles. The lowest BCUT2D eigenvalue weighted by Gasteiger charge is -2.35. The Morgan fingerprint density at radius 2 is 1.97 bits per heavy atom. The number of piperazine rings is 1. The van der Waals surface area contributed by atoms with Crippen LogP contribution in [0, 0.1) is 5.82 Å². The van der Waals surface area contributed by atoms with E-state index < -0.39 is 18.0 Å². The first-order valence-electron chi connectivity index (χ1n) is 11.5. The number of benzene rings is 1. The van der Waals surface area contributed by atoms with Crippen LogP contribution in [-0.4, -0.2) is 73.2 Å². The van der Waals surface area contributed by atoms with E-state index in [1.165, 1.54) is 17.9 Å². The fraction of sp³-hybridized carbons (Fsp3) is 0.360. The van der Waals surface area contributed by atoms with Gasteiger partial charge in [-0.3, -0.25) is 14.5 Å². The van der Waals surface area contributed by atoms with Crippen molar-refractivity contribution in [3.05, 3.63) is 54.5 Å². The summed E-state index contributed by atoms with van der Waals surface area (Å²) in [6, 6.07) is 8.23. The van der Waals surface area contributed by atoms with Crippen LogP contribution in [0.5, 0.6) is 0 Å². The second kappa shape index (κ2) is 10.5. The van der Waals surface area contributed by atoms with Gasteiger partial charge in [-0.2, -0.15) is 0 Å². The van der Waals surface area contributed by atoms with Gasteiger partial charge in [0.1, 0.15) is 17.7 Å². The minimum absolute atomic E-state index is 0.0137. The van der Waals surface area contributed by atoms with Crippen LogP contribution in [0.2, 0.25) is 0 Å². The molecule has 1 atom stereocenters. The van der Waals surface area contributed by atoms with Crippen molar-refractivity contribution < 1.29 is 23.5 Å². The van der Waals surface area contributed by atoms with E-state index in [-0.39, 0.29) is 24.9 Å². The predicted octanol–water partition coefficient (Wildman–Crippen LogP) is 2.57. The van der Waals surface area contributed by atoms with E-state index in [1.807, 2.05) is 19.1 Å². The van der Waals surface area contributed by atoms with E-state index in [1.54, 1.807) is 35.4 Å². The van der Waals surface area contributed by atoms with Crippen molar-refractivity contribution in [3.63, 3.8) is 0 Å². The smallest absolute Gasteiger partial charge is 0.414 e. The third-order valence-electron chi connectivity index (χ3n) is 6.00. The number of amides is 3. The Morgan fingerprint density at radius 1 is 1.20 bits per heavy atom. The molecule has 2 aliphatic heterocycles. The van der Waals surface area contributed by atoms with Crippen LogP contribution in [0.25, 0.3) is 11.1 Å². The summed E-state index contributed by atoms with van der Waals surface area (Å²) in [5.74, 6) is 0.0938. The summed E-state index contributed by atoms with van der Waals surface area (Å²) in [6.07, 6.45) is 3.86. The standard InChI is InChI=1S/C25H28FN5O4/c1-3-4-24(33)30-11-9-29(10-12-30)23-8-5-18(14-28-23)21-7-6-19(13-22(21)26)31-16-20(35-25(31)34)15-27-17(2)32/h3-8,13-14,20H,9-12,15-16H2,1-2H3,(H,27,32)/b4-3+/t20-/m0/s1. The SMILES string of the molecule is C/C=C/C(=O)N1CCN(c2ccc(-c3ccc(N4C[C@H](CNC(C)=O)OC4=O)cc3F)cn2)CC1. The average molecular weight is 482 g/mol. The van der Waals surface area contributed by atoms with Crippen molar-refractivity contribution in [3.8, 4) is 11.1 Å². The van der Waals surface area contributed by atoms with Crippen molar-refractivity contribution in [2.75, 3.05) is 49.1 Å². The lowest BCUT2D eigenvalue weighted by molar-refractivity contribution is -0.126. The highest BCUT2D eigenvalue weighted by molar-refractivity contribution is 5.90. The molecule has 1 N–H and O–H groups in total. The van der Waals surface area contributed by atoms with Gasteiger partial charge in [0.2, 0.25) is 11.8 Å². The van der Waals surface area contributed by atoms with Gasteiger partial charge in [0.15, 0.2) is 0 Å². The van der Waals surface area contributed by atoms with E-state index in [4.69, 9.17) is 4.74 Å². The monoisotopic (exact) mass is 481 g/mol. The predicted molar refractivity (Wildman–Crippen MR) is 130 cm³/mol. The number of carbonyl (C=O) groups is 3. The topological polar surface area (TPSA) is 95.1 Å². The summed E-state index contributed by atoms with van der Waals surface area (Å²) in [4.78, 5) is 45.0. The Labute approximate surface area is 203 Å². The quantitative estimate of drug-likeness (QED) is 0.638. The number of rotatable bonds is 6. The van der Waals surface area contributed by atoms with Gasteiger partial charge in [0.05, 0.1) is 18.8 Å². The highest BCUT2D eigenvalue weighted by atomic mass is 19.1. The molecule has 0 bridgehead atoms. The molecule has 10 heteroatoms. The number of hydrogen-bond donors (Lipinski definition) is 1. The number of hydrogen-bond acceptors (Lipinski definition) is 6. The largest absolute Gasteiger partial charge is 0.442 e.